The largest absolute Gasteiger partial charge is 0.494 e. The lowest BCUT2D eigenvalue weighted by atomic mass is 9.98. The molecule has 0 aliphatic carbocycles. The van der Waals surface area contributed by atoms with Crippen LogP contribution in [-0.2, 0) is 20.5 Å². The van der Waals surface area contributed by atoms with E-state index in [1.54, 1.807) is 30.6 Å². The van der Waals surface area contributed by atoms with Crippen LogP contribution in [0.3, 0.4) is 0 Å². The lowest BCUT2D eigenvalue weighted by Crippen LogP contribution is -2.42. The number of benzene rings is 3. The van der Waals surface area contributed by atoms with Crippen molar-refractivity contribution >= 4 is 68.2 Å². The highest BCUT2D eigenvalue weighted by Crippen LogP contribution is 2.46. The predicted molar refractivity (Wildman–Crippen MR) is 225 cm³/mol. The van der Waals surface area contributed by atoms with Crippen molar-refractivity contribution in [2.75, 3.05) is 23.4 Å². The third kappa shape index (κ3) is 6.30. The van der Waals surface area contributed by atoms with E-state index in [1.165, 1.54) is 0 Å². The summed E-state index contributed by atoms with van der Waals surface area (Å²) in [7, 11) is 3.89. The number of carbonyl (C=O) groups excluding carboxylic acids is 2. The molecule has 7 aromatic rings. The molecule has 1 aliphatic heterocycles. The molecule has 4 aromatic heterocycles. The van der Waals surface area contributed by atoms with E-state index in [9.17, 15) is 4.79 Å². The number of hydrogen-bond donors (Lipinski definition) is 1. The number of nitrogens with zero attached hydrogens (tertiary/aromatic N) is 6. The standard InChI is InChI=1S/C44H43Cl2N7O3/c1-24-18-31(19-25(2)40(24)46)56-17-9-11-32-33-13-14-35(45)39(38-27(4)49-51(7)28(38)5)41(33)53-26(3)22-52(44(55)42(32)53)37-23-50(6)36-15-12-29(20-34(36)37)43(54)48-30-10-8-16-47-21-30/h8,10,12-16,18-21,23,26H,9,11,17,22H2,1-7H3,(H,48,54)/t26-/m1/s1. The summed E-state index contributed by atoms with van der Waals surface area (Å²) in [4.78, 5) is 34.6. The summed E-state index contributed by atoms with van der Waals surface area (Å²) in [6, 6.07) is 16.9. The van der Waals surface area contributed by atoms with Crippen molar-refractivity contribution in [1.29, 1.82) is 0 Å². The average Bonchev–Trinajstić information content (AvgIpc) is 3.78. The molecule has 5 heterocycles. The number of halogens is 2. The van der Waals surface area contributed by atoms with Crippen molar-refractivity contribution in [2.45, 2.75) is 53.5 Å². The fourth-order valence-electron chi connectivity index (χ4n) is 8.30. The van der Waals surface area contributed by atoms with Gasteiger partial charge in [0.1, 0.15) is 11.4 Å². The van der Waals surface area contributed by atoms with E-state index in [1.807, 2.05) is 98.5 Å². The Morgan fingerprint density at radius 1 is 0.982 bits per heavy atom. The number of fused-ring (bicyclic) bond motifs is 4. The van der Waals surface area contributed by atoms with E-state index in [0.29, 0.717) is 48.0 Å². The van der Waals surface area contributed by atoms with Gasteiger partial charge in [0, 0.05) is 82.8 Å². The molecule has 1 atom stereocenters. The molecular weight excluding hydrogens is 745 g/mol. The summed E-state index contributed by atoms with van der Waals surface area (Å²) in [6.45, 7) is 11.0. The molecule has 56 heavy (non-hydrogen) atoms. The van der Waals surface area contributed by atoms with Crippen LogP contribution in [0.25, 0.3) is 32.9 Å². The highest BCUT2D eigenvalue weighted by atomic mass is 35.5. The maximum absolute atomic E-state index is 15.2. The predicted octanol–water partition coefficient (Wildman–Crippen LogP) is 9.95. The van der Waals surface area contributed by atoms with Crippen molar-refractivity contribution in [3.63, 3.8) is 0 Å². The molecule has 8 rings (SSSR count). The number of hydrogen-bond acceptors (Lipinski definition) is 5. The Morgan fingerprint density at radius 3 is 2.45 bits per heavy atom. The van der Waals surface area contributed by atoms with Crippen LogP contribution >= 0.6 is 23.2 Å². The van der Waals surface area contributed by atoms with Gasteiger partial charge in [-0.2, -0.15) is 5.10 Å². The molecular formula is C44H43Cl2N7O3. The maximum Gasteiger partial charge on any atom is 0.275 e. The van der Waals surface area contributed by atoms with E-state index in [-0.39, 0.29) is 17.9 Å². The molecule has 0 spiro atoms. The Balaban J connectivity index is 1.23. The van der Waals surface area contributed by atoms with Crippen LogP contribution in [0.1, 0.15) is 68.3 Å². The first-order chi connectivity index (χ1) is 26.8. The van der Waals surface area contributed by atoms with Crippen molar-refractivity contribution in [1.82, 2.24) is 23.9 Å². The molecule has 1 aliphatic rings. The van der Waals surface area contributed by atoms with E-state index in [4.69, 9.17) is 33.0 Å². The van der Waals surface area contributed by atoms with Crippen LogP contribution < -0.4 is 15.0 Å². The molecule has 2 amide bonds. The number of aryl methyl sites for hydroxylation is 6. The average molecular weight is 789 g/mol. The van der Waals surface area contributed by atoms with Crippen LogP contribution in [0.5, 0.6) is 5.75 Å². The molecule has 12 heteroatoms. The normalized spacial score (nSPS) is 14.2. The monoisotopic (exact) mass is 787 g/mol. The van der Waals surface area contributed by atoms with Crippen molar-refractivity contribution in [2.24, 2.45) is 14.1 Å². The van der Waals surface area contributed by atoms with Gasteiger partial charge in [0.25, 0.3) is 11.8 Å². The van der Waals surface area contributed by atoms with Gasteiger partial charge in [-0.15, -0.1) is 0 Å². The van der Waals surface area contributed by atoms with Crippen LogP contribution in [0.2, 0.25) is 10.0 Å². The Labute approximate surface area is 335 Å². The molecule has 0 bridgehead atoms. The van der Waals surface area contributed by atoms with Gasteiger partial charge in [-0.1, -0.05) is 29.3 Å². The zero-order valence-corrected chi connectivity index (χ0v) is 34.0. The Bertz CT molecular complexity index is 2690. The summed E-state index contributed by atoms with van der Waals surface area (Å²) in [6.07, 6.45) is 6.51. The van der Waals surface area contributed by atoms with Crippen LogP contribution in [0.4, 0.5) is 11.4 Å². The summed E-state index contributed by atoms with van der Waals surface area (Å²) < 4.78 is 12.3. The van der Waals surface area contributed by atoms with Crippen molar-refractivity contribution < 1.29 is 14.3 Å². The van der Waals surface area contributed by atoms with Gasteiger partial charge in [-0.25, -0.2) is 0 Å². The lowest BCUT2D eigenvalue weighted by molar-refractivity contribution is 0.0957. The number of nitrogens with one attached hydrogen (secondary N) is 1. The molecule has 0 radical (unpaired) electrons. The Hall–Kier alpha value is -5.58. The topological polar surface area (TPSA) is 99.2 Å². The summed E-state index contributed by atoms with van der Waals surface area (Å²) in [5.74, 6) is 0.399. The van der Waals surface area contributed by atoms with Gasteiger partial charge in [0.2, 0.25) is 0 Å². The number of anilines is 2. The molecule has 0 saturated heterocycles. The fourth-order valence-corrected chi connectivity index (χ4v) is 8.66. The number of carbonyl (C=O) groups is 2. The first kappa shape index (κ1) is 37.3. The summed E-state index contributed by atoms with van der Waals surface area (Å²) in [5.41, 5.74) is 10.9. The minimum Gasteiger partial charge on any atom is -0.494 e. The third-order valence-corrected chi connectivity index (χ3v) is 11.9. The molecule has 286 valence electrons. The zero-order chi connectivity index (χ0) is 39.6. The maximum atomic E-state index is 15.2. The molecule has 0 unspecified atom stereocenters. The molecule has 3 aromatic carbocycles. The zero-order valence-electron chi connectivity index (χ0n) is 32.5. The quantitative estimate of drug-likeness (QED) is 0.147. The van der Waals surface area contributed by atoms with E-state index in [0.717, 1.165) is 77.5 Å². The third-order valence-electron chi connectivity index (χ3n) is 11.0. The lowest BCUT2D eigenvalue weighted by Gasteiger charge is -2.34. The van der Waals surface area contributed by atoms with Crippen LogP contribution in [0.15, 0.2) is 73.2 Å². The first-order valence-corrected chi connectivity index (χ1v) is 19.5. The Morgan fingerprint density at radius 2 is 1.75 bits per heavy atom. The summed E-state index contributed by atoms with van der Waals surface area (Å²) >= 11 is 13.6. The van der Waals surface area contributed by atoms with Gasteiger partial charge in [0.05, 0.1) is 40.4 Å². The number of ether oxygens (including phenoxy) is 1. The van der Waals surface area contributed by atoms with Gasteiger partial charge < -0.3 is 24.1 Å². The number of aromatic nitrogens is 5. The number of pyridine rings is 1. The van der Waals surface area contributed by atoms with Gasteiger partial charge in [-0.3, -0.25) is 19.3 Å². The van der Waals surface area contributed by atoms with Gasteiger partial charge >= 0.3 is 0 Å². The van der Waals surface area contributed by atoms with Gasteiger partial charge in [-0.05, 0) is 113 Å². The van der Waals surface area contributed by atoms with Gasteiger partial charge in [0.15, 0.2) is 0 Å². The highest BCUT2D eigenvalue weighted by Gasteiger charge is 2.37. The second-order valence-electron chi connectivity index (χ2n) is 14.8. The Kier molecular flexibility index (Phi) is 9.66. The SMILES string of the molecule is Cc1cc(OCCCc2c3n(c4c(-c5c(C)nn(C)c5C)c(Cl)ccc24)[C@H](C)CN(c2cn(C)c4ccc(C(=O)Nc5cccnc5)cc24)C3=O)cc(C)c1Cl. The molecule has 10 nitrogen and oxygen atoms in total. The molecule has 0 fully saturated rings. The van der Waals surface area contributed by atoms with Crippen LogP contribution in [0, 0.1) is 27.7 Å². The van der Waals surface area contributed by atoms with E-state index >= 15 is 4.79 Å². The minimum absolute atomic E-state index is 0.112. The van der Waals surface area contributed by atoms with Crippen molar-refractivity contribution in [3.05, 3.63) is 123 Å². The first-order valence-electron chi connectivity index (χ1n) is 18.7. The van der Waals surface area contributed by atoms with Crippen molar-refractivity contribution in [3.8, 4) is 16.9 Å². The van der Waals surface area contributed by atoms with Crippen LogP contribution in [-0.4, -0.2) is 48.9 Å². The second kappa shape index (κ2) is 14.5. The van der Waals surface area contributed by atoms with E-state index < -0.39 is 0 Å². The number of rotatable bonds is 9. The molecule has 0 saturated carbocycles. The second-order valence-corrected chi connectivity index (χ2v) is 15.6. The fraction of sp³-hybridized carbons (Fsp3) is 0.273. The number of amides is 2. The van der Waals surface area contributed by atoms with E-state index in [2.05, 4.69) is 21.8 Å². The highest BCUT2D eigenvalue weighted by molar-refractivity contribution is 6.35. The minimum atomic E-state index is -0.257. The molecule has 1 N–H and O–H groups in total. The summed E-state index contributed by atoms with van der Waals surface area (Å²) in [5, 5.41) is 10.8. The smallest absolute Gasteiger partial charge is 0.275 e.